The van der Waals surface area contributed by atoms with E-state index in [-0.39, 0.29) is 0 Å². The Hall–Kier alpha value is -0.610. The van der Waals surface area contributed by atoms with Crippen molar-refractivity contribution in [3.63, 3.8) is 0 Å². The number of ether oxygens (including phenoxy) is 1. The number of aromatic nitrogens is 2. The van der Waals surface area contributed by atoms with Crippen molar-refractivity contribution in [2.45, 2.75) is 32.6 Å². The molecule has 1 aromatic rings. The third kappa shape index (κ3) is 5.14. The molecule has 0 spiro atoms. The van der Waals surface area contributed by atoms with E-state index in [0.717, 1.165) is 38.9 Å². The summed E-state index contributed by atoms with van der Waals surface area (Å²) in [5.74, 6) is 2.00. The molecule has 0 unspecified atom stereocenters. The maximum atomic E-state index is 5.57. The number of halogens is 1. The van der Waals surface area contributed by atoms with E-state index in [4.69, 9.17) is 20.8 Å². The number of rotatable bonds is 8. The molecule has 0 aromatic carbocycles. The minimum Gasteiger partial charge on any atom is -0.425 e. The van der Waals surface area contributed by atoms with Gasteiger partial charge in [0.25, 0.3) is 0 Å². The van der Waals surface area contributed by atoms with E-state index >= 15 is 0 Å². The Morgan fingerprint density at radius 2 is 1.87 bits per heavy atom. The van der Waals surface area contributed by atoms with Gasteiger partial charge in [0.05, 0.1) is 0 Å². The van der Waals surface area contributed by atoms with Crippen molar-refractivity contribution in [3.05, 3.63) is 11.8 Å². The molecule has 4 nitrogen and oxygen atoms in total. The lowest BCUT2D eigenvalue weighted by Gasteiger charge is -1.97. The first-order valence-electron chi connectivity index (χ1n) is 5.31. The molecule has 15 heavy (non-hydrogen) atoms. The summed E-state index contributed by atoms with van der Waals surface area (Å²) in [7, 11) is 0. The molecule has 0 fully saturated rings. The topological polar surface area (TPSA) is 48.2 Å². The Morgan fingerprint density at radius 1 is 1.20 bits per heavy atom. The van der Waals surface area contributed by atoms with E-state index in [1.54, 1.807) is 0 Å². The van der Waals surface area contributed by atoms with Crippen LogP contribution >= 0.6 is 11.6 Å². The molecular weight excluding hydrogens is 216 g/mol. The summed E-state index contributed by atoms with van der Waals surface area (Å²) in [6.45, 7) is 3.48. The minimum atomic E-state index is 0.627. The Kier molecular flexibility index (Phi) is 6.36. The maximum Gasteiger partial charge on any atom is 0.216 e. The molecule has 1 rings (SSSR count). The maximum absolute atomic E-state index is 5.57. The average Bonchev–Trinajstić information content (AvgIpc) is 2.69. The number of aryl methyl sites for hydroxylation is 2. The highest BCUT2D eigenvalue weighted by molar-refractivity contribution is 6.17. The van der Waals surface area contributed by atoms with Gasteiger partial charge in [-0.05, 0) is 19.8 Å². The fraction of sp³-hybridized carbons (Fsp3) is 0.800. The molecule has 0 aliphatic heterocycles. The molecule has 1 aromatic heterocycles. The van der Waals surface area contributed by atoms with Gasteiger partial charge in [0, 0.05) is 31.9 Å². The zero-order valence-electron chi connectivity index (χ0n) is 9.04. The first-order chi connectivity index (χ1) is 7.36. The molecule has 0 N–H and O–H groups in total. The Morgan fingerprint density at radius 3 is 2.47 bits per heavy atom. The fourth-order valence-corrected chi connectivity index (χ4v) is 1.31. The van der Waals surface area contributed by atoms with E-state index < -0.39 is 0 Å². The van der Waals surface area contributed by atoms with Crippen LogP contribution in [0.1, 0.15) is 31.5 Å². The van der Waals surface area contributed by atoms with Gasteiger partial charge < -0.3 is 9.15 Å². The molecule has 86 valence electrons. The monoisotopic (exact) mass is 232 g/mol. The molecule has 0 aliphatic rings. The van der Waals surface area contributed by atoms with E-state index in [0.29, 0.717) is 17.7 Å². The fourth-order valence-electron chi connectivity index (χ4n) is 1.18. The second-order valence-corrected chi connectivity index (χ2v) is 3.56. The van der Waals surface area contributed by atoms with Gasteiger partial charge in [0.1, 0.15) is 0 Å². The van der Waals surface area contributed by atoms with Gasteiger partial charge in [-0.25, -0.2) is 0 Å². The second-order valence-electron chi connectivity index (χ2n) is 3.18. The van der Waals surface area contributed by atoms with Gasteiger partial charge in [0.2, 0.25) is 11.8 Å². The quantitative estimate of drug-likeness (QED) is 0.509. The molecular formula is C10H17ClN2O2. The third-order valence-electron chi connectivity index (χ3n) is 1.92. The lowest BCUT2D eigenvalue weighted by Crippen LogP contribution is -1.95. The van der Waals surface area contributed by atoms with Crippen LogP contribution in [-0.2, 0) is 17.6 Å². The van der Waals surface area contributed by atoms with Crippen LogP contribution in [0.25, 0.3) is 0 Å². The first-order valence-corrected chi connectivity index (χ1v) is 5.85. The predicted molar refractivity (Wildman–Crippen MR) is 58.2 cm³/mol. The van der Waals surface area contributed by atoms with Crippen LogP contribution in [0.15, 0.2) is 4.42 Å². The predicted octanol–water partition coefficient (Wildman–Crippen LogP) is 2.21. The number of alkyl halides is 1. The van der Waals surface area contributed by atoms with Crippen LogP contribution < -0.4 is 0 Å². The molecule has 0 amide bonds. The van der Waals surface area contributed by atoms with Crippen LogP contribution in [-0.4, -0.2) is 29.3 Å². The molecule has 0 saturated carbocycles. The van der Waals surface area contributed by atoms with Crippen LogP contribution in [0.5, 0.6) is 0 Å². The highest BCUT2D eigenvalue weighted by atomic mass is 35.5. The summed E-state index contributed by atoms with van der Waals surface area (Å²) in [4.78, 5) is 0. The standard InChI is InChI=1S/C10H17ClN2O2/c1-2-14-8-4-6-10-13-12-9(15-10)5-3-7-11/h2-8H2,1H3. The van der Waals surface area contributed by atoms with Crippen LogP contribution in [0.4, 0.5) is 0 Å². The first kappa shape index (κ1) is 12.5. The summed E-state index contributed by atoms with van der Waals surface area (Å²) in [6, 6.07) is 0. The van der Waals surface area contributed by atoms with Crippen molar-refractivity contribution in [1.82, 2.24) is 10.2 Å². The lowest BCUT2D eigenvalue weighted by molar-refractivity contribution is 0.143. The minimum absolute atomic E-state index is 0.627. The Labute approximate surface area is 95.0 Å². The third-order valence-corrected chi connectivity index (χ3v) is 2.18. The van der Waals surface area contributed by atoms with Gasteiger partial charge in [-0.3, -0.25) is 0 Å². The van der Waals surface area contributed by atoms with Crippen LogP contribution in [0.2, 0.25) is 0 Å². The molecule has 0 radical (unpaired) electrons. The summed E-state index contributed by atoms with van der Waals surface area (Å²) < 4.78 is 10.6. The van der Waals surface area contributed by atoms with Crippen molar-refractivity contribution < 1.29 is 9.15 Å². The van der Waals surface area contributed by atoms with Crippen molar-refractivity contribution in [1.29, 1.82) is 0 Å². The summed E-state index contributed by atoms with van der Waals surface area (Å²) in [6.07, 6.45) is 3.35. The van der Waals surface area contributed by atoms with Gasteiger partial charge in [0.15, 0.2) is 0 Å². The highest BCUT2D eigenvalue weighted by Crippen LogP contribution is 2.05. The smallest absolute Gasteiger partial charge is 0.216 e. The SMILES string of the molecule is CCOCCCc1nnc(CCCCl)o1. The molecule has 5 heteroatoms. The molecule has 0 saturated heterocycles. The zero-order chi connectivity index (χ0) is 10.9. The van der Waals surface area contributed by atoms with E-state index in [2.05, 4.69) is 10.2 Å². The second kappa shape index (κ2) is 7.65. The van der Waals surface area contributed by atoms with Crippen molar-refractivity contribution in [2.75, 3.05) is 19.1 Å². The molecule has 0 atom stereocenters. The molecule has 0 aliphatic carbocycles. The normalized spacial score (nSPS) is 10.8. The van der Waals surface area contributed by atoms with E-state index in [9.17, 15) is 0 Å². The summed E-state index contributed by atoms with van der Waals surface area (Å²) in [5, 5.41) is 7.89. The highest BCUT2D eigenvalue weighted by Gasteiger charge is 2.04. The lowest BCUT2D eigenvalue weighted by atomic mass is 10.3. The van der Waals surface area contributed by atoms with Gasteiger partial charge in [-0.2, -0.15) is 0 Å². The Bertz CT molecular complexity index is 266. The van der Waals surface area contributed by atoms with Crippen LogP contribution in [0.3, 0.4) is 0 Å². The van der Waals surface area contributed by atoms with Crippen molar-refractivity contribution >= 4 is 11.6 Å². The number of hydrogen-bond donors (Lipinski definition) is 0. The molecule has 0 bridgehead atoms. The Balaban J connectivity index is 2.20. The summed E-state index contributed by atoms with van der Waals surface area (Å²) in [5.41, 5.74) is 0. The van der Waals surface area contributed by atoms with Crippen molar-refractivity contribution in [3.8, 4) is 0 Å². The molecule has 1 heterocycles. The van der Waals surface area contributed by atoms with Gasteiger partial charge in [-0.15, -0.1) is 21.8 Å². The largest absolute Gasteiger partial charge is 0.425 e. The van der Waals surface area contributed by atoms with Gasteiger partial charge >= 0.3 is 0 Å². The summed E-state index contributed by atoms with van der Waals surface area (Å²) >= 11 is 5.57. The number of hydrogen-bond acceptors (Lipinski definition) is 4. The van der Waals surface area contributed by atoms with Crippen LogP contribution in [0, 0.1) is 0 Å². The van der Waals surface area contributed by atoms with Crippen molar-refractivity contribution in [2.24, 2.45) is 0 Å². The van der Waals surface area contributed by atoms with E-state index in [1.165, 1.54) is 0 Å². The zero-order valence-corrected chi connectivity index (χ0v) is 9.79. The van der Waals surface area contributed by atoms with E-state index in [1.807, 2.05) is 6.92 Å². The van der Waals surface area contributed by atoms with Gasteiger partial charge in [-0.1, -0.05) is 0 Å². The number of nitrogens with zero attached hydrogens (tertiary/aromatic N) is 2. The average molecular weight is 233 g/mol.